The third-order valence-electron chi connectivity index (χ3n) is 5.90. The smallest absolute Gasteiger partial charge is 0.407 e. The summed E-state index contributed by atoms with van der Waals surface area (Å²) in [6, 6.07) is 3.59. The minimum atomic E-state index is -0.824. The number of rotatable bonds is 7. The molecule has 2 aliphatic rings. The number of hydrogen-bond acceptors (Lipinski definition) is 5. The van der Waals surface area contributed by atoms with Crippen molar-refractivity contribution >= 4 is 17.8 Å². The number of carbonyl (C=O) groups excluding carboxylic acids is 1. The Bertz CT molecular complexity index is 829. The molecule has 0 aliphatic heterocycles. The van der Waals surface area contributed by atoms with Crippen LogP contribution in [0.15, 0.2) is 22.9 Å². The minimum Gasteiger partial charge on any atom is -0.465 e. The average Bonchev–Trinajstić information content (AvgIpc) is 3.01. The van der Waals surface area contributed by atoms with Crippen LogP contribution in [0.4, 0.5) is 10.6 Å². The third kappa shape index (κ3) is 4.02. The minimum absolute atomic E-state index is 0.0339. The molecule has 0 radical (unpaired) electrons. The Morgan fingerprint density at radius 2 is 2.21 bits per heavy atom. The van der Waals surface area contributed by atoms with Crippen LogP contribution in [0.25, 0.3) is 0 Å². The summed E-state index contributed by atoms with van der Waals surface area (Å²) in [5, 5.41) is 23.3. The van der Waals surface area contributed by atoms with Crippen molar-refractivity contribution in [1.82, 2.24) is 20.3 Å². The molecule has 9 nitrogen and oxygen atoms in total. The number of carbonyl (C=O) groups is 2. The molecule has 9 heteroatoms. The highest BCUT2D eigenvalue weighted by molar-refractivity contribution is 5.91. The van der Waals surface area contributed by atoms with Gasteiger partial charge in [0.15, 0.2) is 5.82 Å². The fourth-order valence-corrected chi connectivity index (χ4v) is 4.25. The molecule has 2 aliphatic carbocycles. The molecular formula is C19H25N5O4. The Balaban J connectivity index is 1.35. The van der Waals surface area contributed by atoms with Gasteiger partial charge in [-0.2, -0.15) is 5.10 Å². The van der Waals surface area contributed by atoms with Gasteiger partial charge in [-0.15, -0.1) is 0 Å². The lowest BCUT2D eigenvalue weighted by atomic mass is 10.0. The fraction of sp³-hybridized carbons (Fsp3) is 0.579. The van der Waals surface area contributed by atoms with Crippen molar-refractivity contribution in [2.24, 2.45) is 5.92 Å². The van der Waals surface area contributed by atoms with Gasteiger partial charge in [0.25, 0.3) is 0 Å². The molecule has 2 fully saturated rings. The maximum atomic E-state index is 12.1. The summed E-state index contributed by atoms with van der Waals surface area (Å²) in [5.41, 5.74) is 1.49. The summed E-state index contributed by atoms with van der Waals surface area (Å²) in [6.45, 7) is 2.03. The largest absolute Gasteiger partial charge is 0.465 e. The maximum Gasteiger partial charge on any atom is 0.407 e. The molecule has 3 N–H and O–H groups in total. The van der Waals surface area contributed by atoms with Gasteiger partial charge in [-0.25, -0.2) is 4.79 Å². The molecule has 2 heterocycles. The van der Waals surface area contributed by atoms with E-state index >= 15 is 0 Å². The number of amides is 2. The van der Waals surface area contributed by atoms with Crippen molar-refractivity contribution < 1.29 is 19.2 Å². The van der Waals surface area contributed by atoms with E-state index in [9.17, 15) is 14.7 Å². The van der Waals surface area contributed by atoms with E-state index in [0.29, 0.717) is 17.4 Å². The predicted molar refractivity (Wildman–Crippen MR) is 99.9 cm³/mol. The van der Waals surface area contributed by atoms with Crippen LogP contribution < -0.4 is 5.32 Å². The molecule has 4 rings (SSSR count). The van der Waals surface area contributed by atoms with Gasteiger partial charge in [0.2, 0.25) is 5.91 Å². The first-order valence-corrected chi connectivity index (χ1v) is 9.77. The van der Waals surface area contributed by atoms with Crippen LogP contribution in [0.1, 0.15) is 56.3 Å². The quantitative estimate of drug-likeness (QED) is 0.671. The Hall–Kier alpha value is -2.84. The van der Waals surface area contributed by atoms with Gasteiger partial charge in [0.1, 0.15) is 6.26 Å². The van der Waals surface area contributed by atoms with E-state index in [1.165, 1.54) is 6.26 Å². The molecule has 0 saturated heterocycles. The summed E-state index contributed by atoms with van der Waals surface area (Å²) in [5.74, 6) is 0.973. The van der Waals surface area contributed by atoms with Crippen LogP contribution in [-0.4, -0.2) is 49.4 Å². The number of aromatic amines is 1. The number of carboxylic acid groups (broad SMARTS) is 1. The maximum absolute atomic E-state index is 12.1. The summed E-state index contributed by atoms with van der Waals surface area (Å²) in [4.78, 5) is 25.5. The second-order valence-electron chi connectivity index (χ2n) is 7.86. The molecular weight excluding hydrogens is 362 g/mol. The van der Waals surface area contributed by atoms with Crippen molar-refractivity contribution in [2.45, 2.75) is 63.5 Å². The first-order chi connectivity index (χ1) is 13.5. The number of hydrogen-bond donors (Lipinski definition) is 3. The van der Waals surface area contributed by atoms with E-state index in [4.69, 9.17) is 4.52 Å². The van der Waals surface area contributed by atoms with E-state index in [1.54, 1.807) is 11.0 Å². The van der Waals surface area contributed by atoms with E-state index < -0.39 is 6.09 Å². The topological polar surface area (TPSA) is 124 Å². The van der Waals surface area contributed by atoms with E-state index in [0.717, 1.165) is 37.8 Å². The van der Waals surface area contributed by atoms with Gasteiger partial charge < -0.3 is 19.8 Å². The molecule has 2 saturated carbocycles. The van der Waals surface area contributed by atoms with Crippen LogP contribution in [-0.2, 0) is 11.2 Å². The van der Waals surface area contributed by atoms with Crippen molar-refractivity contribution in [1.29, 1.82) is 0 Å². The summed E-state index contributed by atoms with van der Waals surface area (Å²) in [7, 11) is 0. The molecule has 150 valence electrons. The Kier molecular flexibility index (Phi) is 5.06. The second-order valence-corrected chi connectivity index (χ2v) is 7.86. The van der Waals surface area contributed by atoms with Crippen LogP contribution in [0, 0.1) is 5.92 Å². The Morgan fingerprint density at radius 3 is 2.89 bits per heavy atom. The zero-order valence-electron chi connectivity index (χ0n) is 15.8. The van der Waals surface area contributed by atoms with Crippen LogP contribution in [0.2, 0.25) is 0 Å². The number of nitrogens with one attached hydrogen (secondary N) is 2. The van der Waals surface area contributed by atoms with E-state index in [2.05, 4.69) is 20.7 Å². The summed E-state index contributed by atoms with van der Waals surface area (Å²) in [6.07, 6.45) is 5.50. The van der Waals surface area contributed by atoms with Crippen LogP contribution in [0.5, 0.6) is 0 Å². The van der Waals surface area contributed by atoms with E-state index in [-0.39, 0.29) is 30.3 Å². The first kappa shape index (κ1) is 18.5. The van der Waals surface area contributed by atoms with Gasteiger partial charge >= 0.3 is 6.09 Å². The normalized spacial score (nSPS) is 22.8. The number of nitrogens with zero attached hydrogens (tertiary/aromatic N) is 3. The monoisotopic (exact) mass is 387 g/mol. The summed E-state index contributed by atoms with van der Waals surface area (Å²) < 4.78 is 4.72. The average molecular weight is 387 g/mol. The highest BCUT2D eigenvalue weighted by atomic mass is 16.5. The lowest BCUT2D eigenvalue weighted by molar-refractivity contribution is -0.115. The SMILES string of the molecule is CC(C1CC1)N(C(=O)O)[C@@H]1CC[C@H](c2cc(NC(=O)Cc3ccon3)n[nH]2)C1. The van der Waals surface area contributed by atoms with E-state index in [1.807, 2.05) is 13.0 Å². The van der Waals surface area contributed by atoms with Crippen LogP contribution in [0.3, 0.4) is 0 Å². The molecule has 0 spiro atoms. The molecule has 2 aromatic heterocycles. The summed E-state index contributed by atoms with van der Waals surface area (Å²) >= 11 is 0. The zero-order valence-corrected chi connectivity index (χ0v) is 15.8. The lowest BCUT2D eigenvalue weighted by Gasteiger charge is -2.32. The standard InChI is InChI=1S/C19H25N5O4/c1-11(12-2-3-12)24(19(26)27)15-5-4-13(8-15)16-10-17(22-21-16)20-18(25)9-14-6-7-28-23-14/h6-7,10-13,15H,2-5,8-9H2,1H3,(H,26,27)(H2,20,21,22,25)/t11?,13-,15+/m0/s1. The van der Waals surface area contributed by atoms with Crippen molar-refractivity contribution in [3.63, 3.8) is 0 Å². The lowest BCUT2D eigenvalue weighted by Crippen LogP contribution is -2.45. The molecule has 0 aromatic carbocycles. The second kappa shape index (κ2) is 7.65. The Labute approximate surface area is 162 Å². The number of aromatic nitrogens is 3. The van der Waals surface area contributed by atoms with Gasteiger partial charge in [-0.3, -0.25) is 9.89 Å². The van der Waals surface area contributed by atoms with Crippen LogP contribution >= 0.6 is 0 Å². The molecule has 2 aromatic rings. The molecule has 1 unspecified atom stereocenters. The highest BCUT2D eigenvalue weighted by Crippen LogP contribution is 2.41. The number of anilines is 1. The van der Waals surface area contributed by atoms with Crippen molar-refractivity contribution in [2.75, 3.05) is 5.32 Å². The van der Waals surface area contributed by atoms with Gasteiger partial charge in [0, 0.05) is 35.8 Å². The molecule has 28 heavy (non-hydrogen) atoms. The van der Waals surface area contributed by atoms with Gasteiger partial charge in [-0.1, -0.05) is 5.16 Å². The zero-order chi connectivity index (χ0) is 19.7. The molecule has 2 amide bonds. The predicted octanol–water partition coefficient (Wildman–Crippen LogP) is 2.99. The first-order valence-electron chi connectivity index (χ1n) is 9.77. The van der Waals surface area contributed by atoms with Gasteiger partial charge in [-0.05, 0) is 44.9 Å². The van der Waals surface area contributed by atoms with Crippen molar-refractivity contribution in [3.8, 4) is 0 Å². The molecule has 0 bridgehead atoms. The van der Waals surface area contributed by atoms with Crippen molar-refractivity contribution in [3.05, 3.63) is 29.8 Å². The fourth-order valence-electron chi connectivity index (χ4n) is 4.25. The van der Waals surface area contributed by atoms with Gasteiger partial charge in [0.05, 0.1) is 12.1 Å². The third-order valence-corrected chi connectivity index (χ3v) is 5.90. The Morgan fingerprint density at radius 1 is 1.39 bits per heavy atom. The number of H-pyrrole nitrogens is 1. The highest BCUT2D eigenvalue weighted by Gasteiger charge is 2.41. The molecule has 3 atom stereocenters.